The minimum atomic E-state index is 0.166. The van der Waals surface area contributed by atoms with Gasteiger partial charge in [0.15, 0.2) is 0 Å². The fourth-order valence-corrected chi connectivity index (χ4v) is 2.72. The van der Waals surface area contributed by atoms with Crippen LogP contribution in [0.3, 0.4) is 0 Å². The van der Waals surface area contributed by atoms with Crippen molar-refractivity contribution < 1.29 is 0 Å². The Morgan fingerprint density at radius 2 is 1.69 bits per heavy atom. The Hall–Kier alpha value is -0.0800. The first-order valence-electron chi connectivity index (χ1n) is 5.47. The van der Waals surface area contributed by atoms with Crippen LogP contribution in [0.1, 0.15) is 47.0 Å². The molecule has 78 valence electrons. The highest BCUT2D eigenvalue weighted by Gasteiger charge is 2.35. The number of hydrogen-bond acceptors (Lipinski definition) is 2. The first-order valence-corrected chi connectivity index (χ1v) is 5.47. The van der Waals surface area contributed by atoms with Crippen LogP contribution in [0.25, 0.3) is 0 Å². The molecule has 1 heterocycles. The van der Waals surface area contributed by atoms with Crippen molar-refractivity contribution in [3.8, 4) is 0 Å². The zero-order chi connectivity index (χ0) is 10.1. The highest BCUT2D eigenvalue weighted by molar-refractivity contribution is 4.91. The standard InChI is InChI=1S/C11H24N2/c1-9-6-5-7-10(2)13(9)11(3,4)8-12/h9-10H,5-8,12H2,1-4H3. The molecule has 1 aliphatic heterocycles. The molecule has 0 bridgehead atoms. The van der Waals surface area contributed by atoms with Gasteiger partial charge in [0.1, 0.15) is 0 Å². The van der Waals surface area contributed by atoms with Crippen LogP contribution in [0.4, 0.5) is 0 Å². The first-order chi connectivity index (χ1) is 5.99. The van der Waals surface area contributed by atoms with Crippen LogP contribution in [0.5, 0.6) is 0 Å². The molecule has 0 aromatic rings. The summed E-state index contributed by atoms with van der Waals surface area (Å²) in [7, 11) is 0. The first kappa shape index (κ1) is 11.0. The lowest BCUT2D eigenvalue weighted by atomic mass is 9.90. The van der Waals surface area contributed by atoms with Crippen molar-refractivity contribution in [2.75, 3.05) is 6.54 Å². The predicted molar refractivity (Wildman–Crippen MR) is 57.7 cm³/mol. The van der Waals surface area contributed by atoms with Gasteiger partial charge in [0.25, 0.3) is 0 Å². The maximum absolute atomic E-state index is 5.82. The van der Waals surface area contributed by atoms with Crippen molar-refractivity contribution >= 4 is 0 Å². The molecule has 0 radical (unpaired) electrons. The average Bonchev–Trinajstić information content (AvgIpc) is 2.03. The van der Waals surface area contributed by atoms with Crippen molar-refractivity contribution in [3.05, 3.63) is 0 Å². The SMILES string of the molecule is CC1CCCC(C)N1C(C)(C)CN. The van der Waals surface area contributed by atoms with Gasteiger partial charge in [-0.1, -0.05) is 6.42 Å². The Balaban J connectivity index is 2.73. The van der Waals surface area contributed by atoms with E-state index in [9.17, 15) is 0 Å². The molecule has 2 heteroatoms. The molecule has 1 fully saturated rings. The summed E-state index contributed by atoms with van der Waals surface area (Å²) in [6, 6.07) is 1.39. The molecule has 1 saturated heterocycles. The van der Waals surface area contributed by atoms with Crippen LogP contribution in [0.15, 0.2) is 0 Å². The third kappa shape index (κ3) is 2.23. The second-order valence-corrected chi connectivity index (χ2v) is 5.05. The Morgan fingerprint density at radius 1 is 1.23 bits per heavy atom. The molecule has 1 rings (SSSR count). The van der Waals surface area contributed by atoms with Crippen molar-refractivity contribution in [1.82, 2.24) is 4.90 Å². The van der Waals surface area contributed by atoms with Crippen LogP contribution in [-0.4, -0.2) is 29.1 Å². The number of nitrogens with zero attached hydrogens (tertiary/aromatic N) is 1. The fourth-order valence-electron chi connectivity index (χ4n) is 2.72. The summed E-state index contributed by atoms with van der Waals surface area (Å²) in [4.78, 5) is 2.59. The van der Waals surface area contributed by atoms with Gasteiger partial charge in [-0.25, -0.2) is 0 Å². The second kappa shape index (κ2) is 3.97. The molecule has 0 aromatic carbocycles. The third-order valence-corrected chi connectivity index (χ3v) is 3.39. The van der Waals surface area contributed by atoms with Crippen LogP contribution in [0.2, 0.25) is 0 Å². The molecule has 0 aromatic heterocycles. The Bertz CT molecular complexity index is 155. The van der Waals surface area contributed by atoms with Gasteiger partial charge in [0.05, 0.1) is 0 Å². The molecule has 0 saturated carbocycles. The molecule has 0 aliphatic carbocycles. The summed E-state index contributed by atoms with van der Waals surface area (Å²) in [5.74, 6) is 0. The average molecular weight is 184 g/mol. The third-order valence-electron chi connectivity index (χ3n) is 3.39. The van der Waals surface area contributed by atoms with Crippen molar-refractivity contribution in [1.29, 1.82) is 0 Å². The van der Waals surface area contributed by atoms with Crippen molar-refractivity contribution in [3.63, 3.8) is 0 Å². The van der Waals surface area contributed by atoms with E-state index in [0.29, 0.717) is 12.1 Å². The maximum atomic E-state index is 5.82. The topological polar surface area (TPSA) is 29.3 Å². The van der Waals surface area contributed by atoms with Crippen LogP contribution >= 0.6 is 0 Å². The molecule has 2 nitrogen and oxygen atoms in total. The number of hydrogen-bond donors (Lipinski definition) is 1. The summed E-state index contributed by atoms with van der Waals surface area (Å²) < 4.78 is 0. The van der Waals surface area contributed by atoms with E-state index >= 15 is 0 Å². The van der Waals surface area contributed by atoms with E-state index in [1.807, 2.05) is 0 Å². The maximum Gasteiger partial charge on any atom is 0.0281 e. The lowest BCUT2D eigenvalue weighted by molar-refractivity contribution is 0.0108. The van der Waals surface area contributed by atoms with Gasteiger partial charge in [-0.05, 0) is 40.5 Å². The summed E-state index contributed by atoms with van der Waals surface area (Å²) in [5, 5.41) is 0. The van der Waals surface area contributed by atoms with E-state index in [0.717, 1.165) is 6.54 Å². The highest BCUT2D eigenvalue weighted by atomic mass is 15.3. The monoisotopic (exact) mass is 184 g/mol. The summed E-state index contributed by atoms with van der Waals surface area (Å²) in [5.41, 5.74) is 5.99. The van der Waals surface area contributed by atoms with Crippen LogP contribution in [-0.2, 0) is 0 Å². The molecule has 0 spiro atoms. The largest absolute Gasteiger partial charge is 0.329 e. The number of nitrogens with two attached hydrogens (primary N) is 1. The van der Waals surface area contributed by atoms with E-state index in [1.165, 1.54) is 19.3 Å². The van der Waals surface area contributed by atoms with Gasteiger partial charge >= 0.3 is 0 Å². The number of rotatable bonds is 2. The number of likely N-dealkylation sites (tertiary alicyclic amines) is 1. The quantitative estimate of drug-likeness (QED) is 0.711. The summed E-state index contributed by atoms with van der Waals surface area (Å²) in [6.45, 7) is 9.92. The van der Waals surface area contributed by atoms with Crippen LogP contribution in [0, 0.1) is 0 Å². The molecular formula is C11H24N2. The van der Waals surface area contributed by atoms with Gasteiger partial charge in [0.2, 0.25) is 0 Å². The van der Waals surface area contributed by atoms with E-state index in [4.69, 9.17) is 5.73 Å². The zero-order valence-electron chi connectivity index (χ0n) is 9.51. The Labute approximate surface area is 82.5 Å². The van der Waals surface area contributed by atoms with Gasteiger partial charge in [0, 0.05) is 24.2 Å². The van der Waals surface area contributed by atoms with Gasteiger partial charge in [-0.15, -0.1) is 0 Å². The van der Waals surface area contributed by atoms with E-state index in [2.05, 4.69) is 32.6 Å². The molecule has 1 aliphatic rings. The van der Waals surface area contributed by atoms with Crippen molar-refractivity contribution in [2.45, 2.75) is 64.6 Å². The molecule has 0 amide bonds. The van der Waals surface area contributed by atoms with E-state index < -0.39 is 0 Å². The minimum Gasteiger partial charge on any atom is -0.329 e. The summed E-state index contributed by atoms with van der Waals surface area (Å²) >= 11 is 0. The fraction of sp³-hybridized carbons (Fsp3) is 1.00. The lowest BCUT2D eigenvalue weighted by Gasteiger charge is -2.48. The van der Waals surface area contributed by atoms with E-state index in [1.54, 1.807) is 0 Å². The molecule has 13 heavy (non-hydrogen) atoms. The summed E-state index contributed by atoms with van der Waals surface area (Å²) in [6.07, 6.45) is 4.03. The Kier molecular flexibility index (Phi) is 3.36. The van der Waals surface area contributed by atoms with Gasteiger partial charge in [-0.2, -0.15) is 0 Å². The zero-order valence-corrected chi connectivity index (χ0v) is 9.51. The molecule has 2 atom stereocenters. The van der Waals surface area contributed by atoms with Gasteiger partial charge < -0.3 is 5.73 Å². The smallest absolute Gasteiger partial charge is 0.0281 e. The molecular weight excluding hydrogens is 160 g/mol. The second-order valence-electron chi connectivity index (χ2n) is 5.05. The lowest BCUT2D eigenvalue weighted by Crippen LogP contribution is -2.58. The Morgan fingerprint density at radius 3 is 2.08 bits per heavy atom. The van der Waals surface area contributed by atoms with Crippen LogP contribution < -0.4 is 5.73 Å². The van der Waals surface area contributed by atoms with E-state index in [-0.39, 0.29) is 5.54 Å². The molecule has 2 unspecified atom stereocenters. The van der Waals surface area contributed by atoms with Crippen molar-refractivity contribution in [2.24, 2.45) is 5.73 Å². The minimum absolute atomic E-state index is 0.166. The normalized spacial score (nSPS) is 32.1. The number of piperidine rings is 1. The highest BCUT2D eigenvalue weighted by Crippen LogP contribution is 2.29. The van der Waals surface area contributed by atoms with Gasteiger partial charge in [-0.3, -0.25) is 4.90 Å². The predicted octanol–water partition coefficient (Wildman–Crippen LogP) is 1.99. The molecule has 2 N–H and O–H groups in total.